The van der Waals surface area contributed by atoms with Crippen molar-refractivity contribution in [3.8, 4) is 6.07 Å². The van der Waals surface area contributed by atoms with Gasteiger partial charge in [-0.05, 0) is 25.1 Å². The molecule has 0 aliphatic carbocycles. The van der Waals surface area contributed by atoms with Crippen molar-refractivity contribution >= 4 is 29.4 Å². The summed E-state index contributed by atoms with van der Waals surface area (Å²) < 4.78 is 4.79. The molecule has 1 unspecified atom stereocenters. The second-order valence-corrected chi connectivity index (χ2v) is 4.65. The van der Waals surface area contributed by atoms with Crippen LogP contribution in [0.4, 0.5) is 10.5 Å². The maximum Gasteiger partial charge on any atom is 0.415 e. The Labute approximate surface area is 113 Å². The van der Waals surface area contributed by atoms with Gasteiger partial charge in [-0.15, -0.1) is 0 Å². The molecule has 1 N–H and O–H groups in total. The van der Waals surface area contributed by atoms with Crippen molar-refractivity contribution in [1.29, 1.82) is 5.26 Å². The minimum absolute atomic E-state index is 0.146. The number of amides is 1. The van der Waals surface area contributed by atoms with E-state index in [1.807, 2.05) is 6.07 Å². The number of hydrogen-bond acceptors (Lipinski definition) is 4. The normalized spacial score (nSPS) is 21.9. The number of nitriles is 1. The zero-order valence-electron chi connectivity index (χ0n) is 9.88. The molecule has 0 aromatic heterocycles. The largest absolute Gasteiger partial charge is 0.479 e. The molecule has 1 atom stereocenters. The Morgan fingerprint density at radius 3 is 2.84 bits per heavy atom. The lowest BCUT2D eigenvalue weighted by molar-refractivity contribution is -0.142. The Hall–Kier alpha value is -2.26. The SMILES string of the molecule is CC1(C(=O)O)COC(=O)N1c1ccc(C#N)c(Cl)c1. The number of halogens is 1. The Bertz CT molecular complexity index is 610. The van der Waals surface area contributed by atoms with Crippen molar-refractivity contribution in [3.63, 3.8) is 0 Å². The number of carboxylic acid groups (broad SMARTS) is 1. The van der Waals surface area contributed by atoms with Crippen LogP contribution >= 0.6 is 11.6 Å². The Kier molecular flexibility index (Phi) is 3.08. The molecule has 1 aromatic rings. The van der Waals surface area contributed by atoms with E-state index >= 15 is 0 Å². The highest BCUT2D eigenvalue weighted by atomic mass is 35.5. The topological polar surface area (TPSA) is 90.6 Å². The van der Waals surface area contributed by atoms with E-state index in [4.69, 9.17) is 21.6 Å². The van der Waals surface area contributed by atoms with Crippen molar-refractivity contribution in [2.75, 3.05) is 11.5 Å². The van der Waals surface area contributed by atoms with Crippen LogP contribution in [0.5, 0.6) is 0 Å². The van der Waals surface area contributed by atoms with E-state index in [1.165, 1.54) is 25.1 Å². The van der Waals surface area contributed by atoms with Gasteiger partial charge >= 0.3 is 12.1 Å². The van der Waals surface area contributed by atoms with E-state index < -0.39 is 17.6 Å². The van der Waals surface area contributed by atoms with Crippen molar-refractivity contribution < 1.29 is 19.4 Å². The first-order chi connectivity index (χ1) is 8.90. The molecule has 0 spiro atoms. The van der Waals surface area contributed by atoms with E-state index in [-0.39, 0.29) is 22.9 Å². The highest BCUT2D eigenvalue weighted by Gasteiger charge is 2.50. The third-order valence-corrected chi connectivity index (χ3v) is 3.26. The Morgan fingerprint density at radius 1 is 1.63 bits per heavy atom. The van der Waals surface area contributed by atoms with Crippen LogP contribution in [-0.2, 0) is 9.53 Å². The van der Waals surface area contributed by atoms with Crippen LogP contribution in [0.25, 0.3) is 0 Å². The summed E-state index contributed by atoms with van der Waals surface area (Å²) in [6.45, 7) is 1.13. The van der Waals surface area contributed by atoms with Crippen molar-refractivity contribution in [1.82, 2.24) is 0 Å². The first-order valence-corrected chi connectivity index (χ1v) is 5.68. The first kappa shape index (κ1) is 13.2. The lowest BCUT2D eigenvalue weighted by atomic mass is 10.0. The molecule has 1 aliphatic rings. The maximum absolute atomic E-state index is 11.7. The summed E-state index contributed by atoms with van der Waals surface area (Å²) in [5, 5.41) is 18.2. The monoisotopic (exact) mass is 280 g/mol. The molecule has 1 saturated heterocycles. The molecule has 1 aliphatic heterocycles. The smallest absolute Gasteiger partial charge is 0.415 e. The Morgan fingerprint density at radius 2 is 2.32 bits per heavy atom. The number of anilines is 1. The lowest BCUT2D eigenvalue weighted by Crippen LogP contribution is -2.51. The summed E-state index contributed by atoms with van der Waals surface area (Å²) in [4.78, 5) is 24.0. The Balaban J connectivity index is 2.50. The number of carboxylic acids is 1. The predicted octanol–water partition coefficient (Wildman–Crippen LogP) is 2.01. The molecule has 6 nitrogen and oxygen atoms in total. The van der Waals surface area contributed by atoms with Crippen LogP contribution in [0.3, 0.4) is 0 Å². The van der Waals surface area contributed by atoms with E-state index in [1.54, 1.807) is 0 Å². The van der Waals surface area contributed by atoms with Gasteiger partial charge in [-0.1, -0.05) is 11.6 Å². The van der Waals surface area contributed by atoms with Crippen LogP contribution < -0.4 is 4.90 Å². The number of ether oxygens (including phenoxy) is 1. The van der Waals surface area contributed by atoms with Crippen LogP contribution in [0.1, 0.15) is 12.5 Å². The molecule has 7 heteroatoms. The lowest BCUT2D eigenvalue weighted by Gasteiger charge is -2.27. The summed E-state index contributed by atoms with van der Waals surface area (Å²) in [5.41, 5.74) is -0.972. The molecular weight excluding hydrogens is 272 g/mol. The molecule has 19 heavy (non-hydrogen) atoms. The molecule has 1 aromatic carbocycles. The number of rotatable bonds is 2. The molecule has 1 heterocycles. The summed E-state index contributed by atoms with van der Waals surface area (Å²) in [6, 6.07) is 6.13. The average molecular weight is 281 g/mol. The minimum atomic E-state index is -1.49. The van der Waals surface area contributed by atoms with E-state index in [0.29, 0.717) is 0 Å². The van der Waals surface area contributed by atoms with Gasteiger partial charge in [0.05, 0.1) is 16.3 Å². The van der Waals surface area contributed by atoms with Gasteiger partial charge in [0.25, 0.3) is 0 Å². The highest BCUT2D eigenvalue weighted by molar-refractivity contribution is 6.32. The number of aliphatic carboxylic acids is 1. The van der Waals surface area contributed by atoms with Gasteiger partial charge in [-0.2, -0.15) is 5.26 Å². The molecule has 1 fully saturated rings. The third-order valence-electron chi connectivity index (χ3n) is 2.94. The quantitative estimate of drug-likeness (QED) is 0.895. The number of cyclic esters (lactones) is 1. The fourth-order valence-electron chi connectivity index (χ4n) is 1.81. The van der Waals surface area contributed by atoms with Crippen molar-refractivity contribution in [2.45, 2.75) is 12.5 Å². The van der Waals surface area contributed by atoms with Crippen LogP contribution in [0, 0.1) is 11.3 Å². The molecule has 0 radical (unpaired) electrons. The first-order valence-electron chi connectivity index (χ1n) is 5.30. The summed E-state index contributed by atoms with van der Waals surface area (Å²) >= 11 is 5.88. The van der Waals surface area contributed by atoms with Gasteiger partial charge in [-0.25, -0.2) is 9.59 Å². The van der Waals surface area contributed by atoms with Gasteiger partial charge in [0.15, 0.2) is 5.54 Å². The number of nitrogens with zero attached hydrogens (tertiary/aromatic N) is 2. The molecular formula is C12H9ClN2O4. The summed E-state index contributed by atoms with van der Waals surface area (Å²) in [6.07, 6.45) is -0.759. The second-order valence-electron chi connectivity index (χ2n) is 4.24. The standard InChI is InChI=1S/C12H9ClN2O4/c1-12(10(16)17)6-19-11(18)15(12)8-3-2-7(5-14)9(13)4-8/h2-4H,6H2,1H3,(H,16,17). The summed E-state index contributed by atoms with van der Waals surface area (Å²) in [5.74, 6) is -1.18. The molecule has 2 rings (SSSR count). The summed E-state index contributed by atoms with van der Waals surface area (Å²) in [7, 11) is 0. The number of benzene rings is 1. The third kappa shape index (κ3) is 1.98. The predicted molar refractivity (Wildman–Crippen MR) is 66.0 cm³/mol. The van der Waals surface area contributed by atoms with Gasteiger partial charge in [0.2, 0.25) is 0 Å². The van der Waals surface area contributed by atoms with Gasteiger partial charge < -0.3 is 9.84 Å². The fraction of sp³-hybridized carbons (Fsp3) is 0.250. The van der Waals surface area contributed by atoms with Crippen LogP contribution in [0.15, 0.2) is 18.2 Å². The van der Waals surface area contributed by atoms with E-state index in [9.17, 15) is 14.7 Å². The zero-order chi connectivity index (χ0) is 14.2. The molecule has 0 saturated carbocycles. The van der Waals surface area contributed by atoms with Crippen molar-refractivity contribution in [2.24, 2.45) is 0 Å². The fourth-order valence-corrected chi connectivity index (χ4v) is 2.03. The zero-order valence-corrected chi connectivity index (χ0v) is 10.6. The van der Waals surface area contributed by atoms with E-state index in [2.05, 4.69) is 0 Å². The highest BCUT2D eigenvalue weighted by Crippen LogP contribution is 2.33. The second kappa shape index (κ2) is 4.44. The van der Waals surface area contributed by atoms with Crippen LogP contribution in [-0.4, -0.2) is 29.3 Å². The maximum atomic E-state index is 11.7. The van der Waals surface area contributed by atoms with Gasteiger partial charge in [0.1, 0.15) is 12.7 Å². The van der Waals surface area contributed by atoms with E-state index in [0.717, 1.165) is 4.90 Å². The molecule has 0 bridgehead atoms. The average Bonchev–Trinajstić information content (AvgIpc) is 2.66. The molecule has 1 amide bonds. The molecule has 98 valence electrons. The van der Waals surface area contributed by atoms with Gasteiger partial charge in [0, 0.05) is 0 Å². The minimum Gasteiger partial charge on any atom is -0.479 e. The van der Waals surface area contributed by atoms with Crippen molar-refractivity contribution in [3.05, 3.63) is 28.8 Å². The number of carbonyl (C=O) groups is 2. The number of carbonyl (C=O) groups excluding carboxylic acids is 1. The van der Waals surface area contributed by atoms with Crippen LogP contribution in [0.2, 0.25) is 5.02 Å². The van der Waals surface area contributed by atoms with Gasteiger partial charge in [-0.3, -0.25) is 4.90 Å². The number of hydrogen-bond donors (Lipinski definition) is 1.